The van der Waals surface area contributed by atoms with Crippen molar-refractivity contribution in [2.24, 2.45) is 11.7 Å². The largest absolute Gasteiger partial charge is 0.363 e. The Labute approximate surface area is 101 Å². The van der Waals surface area contributed by atoms with Gasteiger partial charge in [-0.25, -0.2) is 4.98 Å². The number of nitrogens with zero attached hydrogens (tertiary/aromatic N) is 2. The van der Waals surface area contributed by atoms with E-state index in [0.29, 0.717) is 17.8 Å². The Bertz CT molecular complexity index is 434. The van der Waals surface area contributed by atoms with Crippen LogP contribution in [-0.4, -0.2) is 21.6 Å². The Balaban J connectivity index is 2.09. The second kappa shape index (κ2) is 4.87. The molecule has 1 aliphatic rings. The van der Waals surface area contributed by atoms with E-state index in [1.54, 1.807) is 17.0 Å². The Morgan fingerprint density at radius 1 is 1.59 bits per heavy atom. The van der Waals surface area contributed by atoms with E-state index in [4.69, 9.17) is 5.73 Å². The first-order chi connectivity index (χ1) is 8.06. The average molecular weight is 236 g/mol. The molecule has 5 nitrogen and oxygen atoms in total. The van der Waals surface area contributed by atoms with Crippen molar-refractivity contribution in [3.05, 3.63) is 22.7 Å². The maximum atomic E-state index is 12.1. The van der Waals surface area contributed by atoms with Gasteiger partial charge in [-0.2, -0.15) is 0 Å². The van der Waals surface area contributed by atoms with Gasteiger partial charge in [0.1, 0.15) is 0 Å². The van der Waals surface area contributed by atoms with Crippen LogP contribution in [0.5, 0.6) is 0 Å². The Hall–Kier alpha value is -1.36. The molecule has 0 atom stereocenters. The van der Waals surface area contributed by atoms with Crippen molar-refractivity contribution in [1.29, 1.82) is 0 Å². The summed E-state index contributed by atoms with van der Waals surface area (Å²) in [7, 11) is 0. The van der Waals surface area contributed by atoms with Gasteiger partial charge >= 0.3 is 0 Å². The molecule has 94 valence electrons. The highest BCUT2D eigenvalue weighted by Gasteiger charge is 2.26. The second-order valence-electron chi connectivity index (χ2n) is 5.20. The molecule has 0 saturated heterocycles. The Morgan fingerprint density at radius 2 is 2.29 bits per heavy atom. The van der Waals surface area contributed by atoms with Crippen LogP contribution in [0, 0.1) is 5.92 Å². The summed E-state index contributed by atoms with van der Waals surface area (Å²) in [6, 6.07) is 0.578. The number of aromatic nitrogens is 2. The van der Waals surface area contributed by atoms with Crippen LogP contribution in [0.2, 0.25) is 0 Å². The minimum absolute atomic E-state index is 0.0401. The fourth-order valence-electron chi connectivity index (χ4n) is 2.06. The summed E-state index contributed by atoms with van der Waals surface area (Å²) >= 11 is 0. The molecule has 0 spiro atoms. The fourth-order valence-corrected chi connectivity index (χ4v) is 2.06. The number of nitrogens with two attached hydrogens (primary N) is 1. The topological polar surface area (TPSA) is 72.9 Å². The van der Waals surface area contributed by atoms with E-state index in [2.05, 4.69) is 24.1 Å². The van der Waals surface area contributed by atoms with Gasteiger partial charge in [0.15, 0.2) is 5.82 Å². The van der Waals surface area contributed by atoms with Crippen molar-refractivity contribution in [3.8, 4) is 0 Å². The highest BCUT2D eigenvalue weighted by atomic mass is 16.1. The predicted molar refractivity (Wildman–Crippen MR) is 68.0 cm³/mol. The molecule has 1 aromatic rings. The highest BCUT2D eigenvalue weighted by molar-refractivity contribution is 5.33. The summed E-state index contributed by atoms with van der Waals surface area (Å²) in [4.78, 5) is 16.2. The van der Waals surface area contributed by atoms with Gasteiger partial charge in [0.25, 0.3) is 5.56 Å². The summed E-state index contributed by atoms with van der Waals surface area (Å²) in [5.41, 5.74) is 5.67. The molecule has 0 aromatic carbocycles. The molecular formula is C12H20N4O. The molecule has 1 fully saturated rings. The molecular weight excluding hydrogens is 216 g/mol. The van der Waals surface area contributed by atoms with Crippen LogP contribution in [0.4, 0.5) is 5.82 Å². The molecule has 0 aliphatic heterocycles. The van der Waals surface area contributed by atoms with E-state index in [1.807, 2.05) is 0 Å². The number of anilines is 1. The Kier molecular flexibility index (Phi) is 3.47. The van der Waals surface area contributed by atoms with Crippen LogP contribution >= 0.6 is 0 Å². The first kappa shape index (κ1) is 12.1. The molecule has 5 heteroatoms. The van der Waals surface area contributed by atoms with E-state index in [9.17, 15) is 4.79 Å². The van der Waals surface area contributed by atoms with Crippen LogP contribution in [0.25, 0.3) is 0 Å². The van der Waals surface area contributed by atoms with Crippen molar-refractivity contribution in [3.63, 3.8) is 0 Å². The van der Waals surface area contributed by atoms with Crippen molar-refractivity contribution >= 4 is 5.82 Å². The third-order valence-corrected chi connectivity index (χ3v) is 2.99. The molecule has 17 heavy (non-hydrogen) atoms. The van der Waals surface area contributed by atoms with E-state index in [0.717, 1.165) is 19.4 Å². The summed E-state index contributed by atoms with van der Waals surface area (Å²) in [6.45, 7) is 4.90. The second-order valence-corrected chi connectivity index (χ2v) is 5.20. The molecule has 1 saturated carbocycles. The maximum absolute atomic E-state index is 12.1. The normalized spacial score (nSPS) is 23.5. The maximum Gasteiger partial charge on any atom is 0.293 e. The molecule has 0 bridgehead atoms. The van der Waals surface area contributed by atoms with Crippen molar-refractivity contribution in [1.82, 2.24) is 9.55 Å². The molecule has 1 aromatic heterocycles. The number of hydrogen-bond donors (Lipinski definition) is 2. The first-order valence-corrected chi connectivity index (χ1v) is 6.14. The van der Waals surface area contributed by atoms with Gasteiger partial charge in [-0.3, -0.25) is 4.79 Å². The smallest absolute Gasteiger partial charge is 0.293 e. The monoisotopic (exact) mass is 236 g/mol. The van der Waals surface area contributed by atoms with Crippen LogP contribution in [0.1, 0.15) is 26.7 Å². The lowest BCUT2D eigenvalue weighted by Gasteiger charge is -2.33. The third kappa shape index (κ3) is 2.85. The molecule has 1 aliphatic carbocycles. The van der Waals surface area contributed by atoms with Crippen molar-refractivity contribution in [2.45, 2.75) is 45.3 Å². The standard InChI is InChI=1S/C12H20N4O/c1-8(2)7-16-4-3-14-11(12(16)17)15-10-5-9(13)6-10/h3-4,8-10H,5-7,13H2,1-2H3,(H,14,15). The quantitative estimate of drug-likeness (QED) is 0.811. The fraction of sp³-hybridized carbons (Fsp3) is 0.667. The zero-order chi connectivity index (χ0) is 12.4. The van der Waals surface area contributed by atoms with E-state index in [-0.39, 0.29) is 11.6 Å². The third-order valence-electron chi connectivity index (χ3n) is 2.99. The van der Waals surface area contributed by atoms with E-state index < -0.39 is 0 Å². The number of nitrogens with one attached hydrogen (secondary N) is 1. The molecule has 1 heterocycles. The lowest BCUT2D eigenvalue weighted by molar-refractivity contribution is 0.372. The number of hydrogen-bond acceptors (Lipinski definition) is 4. The van der Waals surface area contributed by atoms with Crippen LogP contribution in [0.3, 0.4) is 0 Å². The van der Waals surface area contributed by atoms with Crippen LogP contribution in [0.15, 0.2) is 17.2 Å². The molecule has 3 N–H and O–H groups in total. The van der Waals surface area contributed by atoms with Gasteiger partial charge in [0.2, 0.25) is 0 Å². The van der Waals surface area contributed by atoms with E-state index in [1.165, 1.54) is 0 Å². The predicted octanol–water partition coefficient (Wildman–Crippen LogP) is 0.801. The average Bonchev–Trinajstić information content (AvgIpc) is 2.21. The minimum atomic E-state index is -0.0401. The molecule has 0 unspecified atom stereocenters. The van der Waals surface area contributed by atoms with E-state index >= 15 is 0 Å². The minimum Gasteiger partial charge on any atom is -0.363 e. The number of rotatable bonds is 4. The zero-order valence-electron chi connectivity index (χ0n) is 10.4. The lowest BCUT2D eigenvalue weighted by atomic mass is 9.88. The van der Waals surface area contributed by atoms with Crippen molar-refractivity contribution < 1.29 is 0 Å². The molecule has 0 radical (unpaired) electrons. The van der Waals surface area contributed by atoms with Gasteiger partial charge in [0, 0.05) is 31.0 Å². The Morgan fingerprint density at radius 3 is 2.88 bits per heavy atom. The van der Waals surface area contributed by atoms with Crippen LogP contribution < -0.4 is 16.6 Å². The van der Waals surface area contributed by atoms with Gasteiger partial charge < -0.3 is 15.6 Å². The van der Waals surface area contributed by atoms with Gasteiger partial charge in [-0.15, -0.1) is 0 Å². The summed E-state index contributed by atoms with van der Waals surface area (Å²) < 4.78 is 1.71. The van der Waals surface area contributed by atoms with Gasteiger partial charge in [-0.05, 0) is 18.8 Å². The molecule has 0 amide bonds. The SMILES string of the molecule is CC(C)Cn1ccnc(NC2CC(N)C2)c1=O. The van der Waals surface area contributed by atoms with Gasteiger partial charge in [0.05, 0.1) is 0 Å². The summed E-state index contributed by atoms with van der Waals surface area (Å²) in [5, 5.41) is 3.17. The summed E-state index contributed by atoms with van der Waals surface area (Å²) in [5.74, 6) is 0.894. The highest BCUT2D eigenvalue weighted by Crippen LogP contribution is 2.20. The zero-order valence-corrected chi connectivity index (χ0v) is 10.4. The van der Waals surface area contributed by atoms with Crippen LogP contribution in [-0.2, 0) is 6.54 Å². The van der Waals surface area contributed by atoms with Gasteiger partial charge in [-0.1, -0.05) is 13.8 Å². The molecule has 2 rings (SSSR count). The summed E-state index contributed by atoms with van der Waals surface area (Å²) in [6.07, 6.45) is 5.24. The van der Waals surface area contributed by atoms with Crippen molar-refractivity contribution in [2.75, 3.05) is 5.32 Å². The first-order valence-electron chi connectivity index (χ1n) is 6.14. The lowest BCUT2D eigenvalue weighted by Crippen LogP contribution is -2.45.